The molecule has 2 heteroatoms. The third-order valence-electron chi connectivity index (χ3n) is 3.01. The summed E-state index contributed by atoms with van der Waals surface area (Å²) in [4.78, 5) is 2.37. The number of para-hydroxylation sites is 1. The van der Waals surface area contributed by atoms with Gasteiger partial charge in [-0.05, 0) is 37.4 Å². The maximum atomic E-state index is 4.50. The van der Waals surface area contributed by atoms with Gasteiger partial charge in [-0.2, -0.15) is 0 Å². The standard InChI is InChI=1S/C12H17N.CH5N/c1-10-6-5-9-13(2)12-8-4-3-7-11(10)12;1-2/h3-4,7-8,10H,5-6,9H2,1-2H3;2H2,1H3. The number of fused-ring (bicyclic) bond motifs is 1. The lowest BCUT2D eigenvalue weighted by Crippen LogP contribution is -2.17. The summed E-state index contributed by atoms with van der Waals surface area (Å²) >= 11 is 0. The van der Waals surface area contributed by atoms with Crippen molar-refractivity contribution in [2.75, 3.05) is 25.5 Å². The van der Waals surface area contributed by atoms with Crippen LogP contribution < -0.4 is 10.6 Å². The zero-order valence-electron chi connectivity index (χ0n) is 10.0. The Morgan fingerprint density at radius 1 is 1.27 bits per heavy atom. The number of hydrogen-bond donors (Lipinski definition) is 1. The molecule has 0 radical (unpaired) electrons. The molecule has 0 saturated carbocycles. The van der Waals surface area contributed by atoms with Crippen molar-refractivity contribution < 1.29 is 0 Å². The summed E-state index contributed by atoms with van der Waals surface area (Å²) in [5.41, 5.74) is 7.44. The van der Waals surface area contributed by atoms with E-state index >= 15 is 0 Å². The van der Waals surface area contributed by atoms with Crippen LogP contribution in [0.25, 0.3) is 0 Å². The van der Waals surface area contributed by atoms with Gasteiger partial charge in [0.25, 0.3) is 0 Å². The lowest BCUT2D eigenvalue weighted by molar-refractivity contribution is 0.656. The third kappa shape index (κ3) is 2.72. The van der Waals surface area contributed by atoms with Crippen molar-refractivity contribution in [3.05, 3.63) is 29.8 Å². The van der Waals surface area contributed by atoms with Crippen molar-refractivity contribution in [2.24, 2.45) is 5.73 Å². The molecule has 1 heterocycles. The van der Waals surface area contributed by atoms with Crippen LogP contribution >= 0.6 is 0 Å². The smallest absolute Gasteiger partial charge is 0.0398 e. The summed E-state index contributed by atoms with van der Waals surface area (Å²) in [6, 6.07) is 8.78. The Hall–Kier alpha value is -1.02. The first-order chi connectivity index (χ1) is 7.29. The van der Waals surface area contributed by atoms with Crippen LogP contribution in [0.4, 0.5) is 5.69 Å². The third-order valence-corrected chi connectivity index (χ3v) is 3.01. The molecule has 1 unspecified atom stereocenters. The maximum Gasteiger partial charge on any atom is 0.0398 e. The Balaban J connectivity index is 0.000000531. The van der Waals surface area contributed by atoms with E-state index in [2.05, 4.69) is 48.9 Å². The molecule has 0 aromatic heterocycles. The molecule has 2 N–H and O–H groups in total. The van der Waals surface area contributed by atoms with E-state index in [1.54, 1.807) is 0 Å². The summed E-state index contributed by atoms with van der Waals surface area (Å²) in [6.07, 6.45) is 2.63. The van der Waals surface area contributed by atoms with E-state index in [0.717, 1.165) is 5.92 Å². The molecule has 1 aromatic carbocycles. The topological polar surface area (TPSA) is 29.3 Å². The molecule has 0 fully saturated rings. The molecule has 1 aliphatic heterocycles. The second kappa shape index (κ2) is 5.76. The Bertz CT molecular complexity index is 267. The minimum atomic E-state index is 0.723. The van der Waals surface area contributed by atoms with Gasteiger partial charge in [0.05, 0.1) is 0 Å². The SMILES string of the molecule is CC1CCCN(C)c2ccccc21.CN. The molecule has 0 bridgehead atoms. The van der Waals surface area contributed by atoms with E-state index in [9.17, 15) is 0 Å². The number of rotatable bonds is 0. The first-order valence-electron chi connectivity index (χ1n) is 5.67. The van der Waals surface area contributed by atoms with Crippen LogP contribution in [-0.4, -0.2) is 20.6 Å². The number of hydrogen-bond acceptors (Lipinski definition) is 2. The van der Waals surface area contributed by atoms with Gasteiger partial charge >= 0.3 is 0 Å². The van der Waals surface area contributed by atoms with E-state index in [4.69, 9.17) is 0 Å². The van der Waals surface area contributed by atoms with Crippen molar-refractivity contribution >= 4 is 5.69 Å². The van der Waals surface area contributed by atoms with Gasteiger partial charge in [0.2, 0.25) is 0 Å². The fourth-order valence-electron chi connectivity index (χ4n) is 2.16. The van der Waals surface area contributed by atoms with Gasteiger partial charge < -0.3 is 10.6 Å². The number of anilines is 1. The van der Waals surface area contributed by atoms with E-state index < -0.39 is 0 Å². The second-order valence-corrected chi connectivity index (χ2v) is 4.02. The lowest BCUT2D eigenvalue weighted by Gasteiger charge is -2.19. The van der Waals surface area contributed by atoms with E-state index in [-0.39, 0.29) is 0 Å². The predicted molar refractivity (Wildman–Crippen MR) is 67.5 cm³/mol. The first kappa shape index (κ1) is 12.1. The van der Waals surface area contributed by atoms with Gasteiger partial charge in [0.15, 0.2) is 0 Å². The predicted octanol–water partition coefficient (Wildman–Crippen LogP) is 2.59. The summed E-state index contributed by atoms with van der Waals surface area (Å²) in [5.74, 6) is 0.723. The highest BCUT2D eigenvalue weighted by Crippen LogP contribution is 2.32. The quantitative estimate of drug-likeness (QED) is 0.707. The Morgan fingerprint density at radius 2 is 1.93 bits per heavy atom. The van der Waals surface area contributed by atoms with Crippen molar-refractivity contribution in [3.8, 4) is 0 Å². The molecule has 15 heavy (non-hydrogen) atoms. The average Bonchev–Trinajstić information content (AvgIpc) is 2.44. The highest BCUT2D eigenvalue weighted by molar-refractivity contribution is 5.55. The summed E-state index contributed by atoms with van der Waals surface area (Å²) in [5, 5.41) is 0. The van der Waals surface area contributed by atoms with Crippen molar-refractivity contribution in [3.63, 3.8) is 0 Å². The molecule has 2 nitrogen and oxygen atoms in total. The molecule has 2 rings (SSSR count). The van der Waals surface area contributed by atoms with Gasteiger partial charge in [-0.25, -0.2) is 0 Å². The molecule has 1 aromatic rings. The van der Waals surface area contributed by atoms with Crippen LogP contribution in [0.15, 0.2) is 24.3 Å². The zero-order valence-corrected chi connectivity index (χ0v) is 10.0. The summed E-state index contributed by atoms with van der Waals surface area (Å²) in [7, 11) is 3.69. The molecule has 0 spiro atoms. The van der Waals surface area contributed by atoms with Crippen LogP contribution in [0.5, 0.6) is 0 Å². The van der Waals surface area contributed by atoms with Gasteiger partial charge in [-0.15, -0.1) is 0 Å². The van der Waals surface area contributed by atoms with Gasteiger partial charge in [-0.3, -0.25) is 0 Å². The highest BCUT2D eigenvalue weighted by Gasteiger charge is 2.16. The largest absolute Gasteiger partial charge is 0.374 e. The van der Waals surface area contributed by atoms with Crippen LogP contribution in [0.3, 0.4) is 0 Å². The molecule has 0 saturated heterocycles. The highest BCUT2D eigenvalue weighted by atomic mass is 15.1. The molecule has 84 valence electrons. The van der Waals surface area contributed by atoms with Crippen molar-refractivity contribution in [1.29, 1.82) is 0 Å². The molecule has 0 amide bonds. The molecular formula is C13H22N2. The maximum absolute atomic E-state index is 4.50. The van der Waals surface area contributed by atoms with E-state index in [0.29, 0.717) is 0 Å². The Kier molecular flexibility index (Phi) is 4.63. The lowest BCUT2D eigenvalue weighted by atomic mass is 9.96. The first-order valence-corrected chi connectivity index (χ1v) is 5.67. The molecule has 0 aliphatic carbocycles. The normalized spacial score (nSPS) is 19.7. The van der Waals surface area contributed by atoms with Crippen LogP contribution in [0.1, 0.15) is 31.2 Å². The fraction of sp³-hybridized carbons (Fsp3) is 0.538. The minimum Gasteiger partial charge on any atom is -0.374 e. The fourth-order valence-corrected chi connectivity index (χ4v) is 2.16. The van der Waals surface area contributed by atoms with Crippen molar-refractivity contribution in [2.45, 2.75) is 25.7 Å². The average molecular weight is 206 g/mol. The number of benzene rings is 1. The number of nitrogens with zero attached hydrogens (tertiary/aromatic N) is 1. The summed E-state index contributed by atoms with van der Waals surface area (Å²) in [6.45, 7) is 3.53. The van der Waals surface area contributed by atoms with Crippen LogP contribution in [0, 0.1) is 0 Å². The zero-order chi connectivity index (χ0) is 11.3. The monoisotopic (exact) mass is 206 g/mol. The van der Waals surface area contributed by atoms with Gasteiger partial charge in [-0.1, -0.05) is 25.1 Å². The Labute approximate surface area is 93.1 Å². The van der Waals surface area contributed by atoms with Crippen molar-refractivity contribution in [1.82, 2.24) is 0 Å². The van der Waals surface area contributed by atoms with E-state index in [1.807, 2.05) is 0 Å². The molecular weight excluding hydrogens is 184 g/mol. The minimum absolute atomic E-state index is 0.723. The van der Waals surface area contributed by atoms with E-state index in [1.165, 1.54) is 37.7 Å². The number of nitrogens with two attached hydrogens (primary N) is 1. The Morgan fingerprint density at radius 3 is 2.67 bits per heavy atom. The molecule has 1 aliphatic rings. The molecule has 1 atom stereocenters. The summed E-state index contributed by atoms with van der Waals surface area (Å²) < 4.78 is 0. The van der Waals surface area contributed by atoms with Gasteiger partial charge in [0, 0.05) is 19.3 Å². The van der Waals surface area contributed by atoms with Gasteiger partial charge in [0.1, 0.15) is 0 Å². The van der Waals surface area contributed by atoms with Crippen LogP contribution in [-0.2, 0) is 0 Å². The second-order valence-electron chi connectivity index (χ2n) is 4.02. The van der Waals surface area contributed by atoms with Crippen LogP contribution in [0.2, 0.25) is 0 Å².